The van der Waals surface area contributed by atoms with Crippen LogP contribution in [0.1, 0.15) is 53.4 Å². The maximum atomic E-state index is 2.41. The molecule has 0 unspecified atom stereocenters. The maximum Gasteiger partial charge on any atom is 0.101 e. The lowest BCUT2D eigenvalue weighted by molar-refractivity contribution is 0.248. The van der Waals surface area contributed by atoms with E-state index < -0.39 is 0 Å². The molecule has 0 heterocycles. The van der Waals surface area contributed by atoms with Gasteiger partial charge in [-0.15, -0.1) is 0 Å². The first-order valence-corrected chi connectivity index (χ1v) is 5.55. The lowest BCUT2D eigenvalue weighted by Crippen LogP contribution is -2.16. The molecular weight excluding hydrogens is 143 g/mol. The fourth-order valence-electron chi connectivity index (χ4n) is 2.14. The van der Waals surface area contributed by atoms with Crippen molar-refractivity contribution >= 4 is 7.85 Å². The molecule has 0 fully saturated rings. The average molecular weight is 168 g/mol. The van der Waals surface area contributed by atoms with Gasteiger partial charge < -0.3 is 0 Å². The Bertz CT molecular complexity index is 104. The second-order valence-corrected chi connectivity index (χ2v) is 4.80. The highest BCUT2D eigenvalue weighted by Crippen LogP contribution is 2.32. The summed E-state index contributed by atoms with van der Waals surface area (Å²) < 4.78 is 0. The van der Waals surface area contributed by atoms with Crippen LogP contribution in [0.5, 0.6) is 0 Å². The third-order valence-electron chi connectivity index (χ3n) is 2.92. The second-order valence-electron chi connectivity index (χ2n) is 4.80. The Kier molecular flexibility index (Phi) is 5.70. The lowest BCUT2D eigenvalue weighted by Gasteiger charge is -2.28. The summed E-state index contributed by atoms with van der Waals surface area (Å²) in [7, 11) is 2.29. The van der Waals surface area contributed by atoms with E-state index in [0.717, 1.165) is 5.92 Å². The van der Waals surface area contributed by atoms with Gasteiger partial charge in [-0.2, -0.15) is 0 Å². The molecule has 0 N–H and O–H groups in total. The van der Waals surface area contributed by atoms with E-state index in [1.807, 2.05) is 0 Å². The van der Waals surface area contributed by atoms with Gasteiger partial charge in [-0.1, -0.05) is 53.3 Å². The first kappa shape index (κ1) is 12.1. The fraction of sp³-hybridized carbons (Fsp3) is 1.00. The quantitative estimate of drug-likeness (QED) is 0.534. The van der Waals surface area contributed by atoms with E-state index in [1.165, 1.54) is 32.0 Å². The average Bonchev–Trinajstić information content (AvgIpc) is 2.00. The van der Waals surface area contributed by atoms with E-state index >= 15 is 0 Å². The van der Waals surface area contributed by atoms with Crippen LogP contribution in [0.15, 0.2) is 0 Å². The highest BCUT2D eigenvalue weighted by molar-refractivity contribution is 6.08. The van der Waals surface area contributed by atoms with Crippen LogP contribution in [-0.2, 0) is 0 Å². The molecule has 0 bridgehead atoms. The normalized spacial score (nSPS) is 12.4. The largest absolute Gasteiger partial charge is 0.101 e. The van der Waals surface area contributed by atoms with Crippen LogP contribution in [0.3, 0.4) is 0 Å². The molecule has 12 heavy (non-hydrogen) atoms. The van der Waals surface area contributed by atoms with E-state index in [4.69, 9.17) is 0 Å². The van der Waals surface area contributed by atoms with Crippen molar-refractivity contribution in [2.45, 2.75) is 59.7 Å². The van der Waals surface area contributed by atoms with Crippen LogP contribution >= 0.6 is 0 Å². The third kappa shape index (κ3) is 4.85. The molecule has 0 aliphatic carbocycles. The SMILES string of the molecule is BCCC(C)(C)CC(CC)CC. The highest BCUT2D eigenvalue weighted by atomic mass is 14.2. The van der Waals surface area contributed by atoms with Crippen molar-refractivity contribution in [3.05, 3.63) is 0 Å². The Hall–Kier alpha value is 0.0649. The summed E-state index contributed by atoms with van der Waals surface area (Å²) in [6, 6.07) is 0. The molecule has 0 spiro atoms. The molecule has 0 aromatic heterocycles. The summed E-state index contributed by atoms with van der Waals surface area (Å²) in [5.41, 5.74) is 0.575. The number of hydrogen-bond donors (Lipinski definition) is 0. The van der Waals surface area contributed by atoms with Gasteiger partial charge in [0.15, 0.2) is 0 Å². The molecule has 0 saturated heterocycles. The molecule has 0 aliphatic heterocycles. The van der Waals surface area contributed by atoms with Gasteiger partial charge in [-0.25, -0.2) is 0 Å². The van der Waals surface area contributed by atoms with Crippen molar-refractivity contribution < 1.29 is 0 Å². The van der Waals surface area contributed by atoms with Crippen molar-refractivity contribution in [1.29, 1.82) is 0 Å². The summed E-state index contributed by atoms with van der Waals surface area (Å²) in [5, 5.41) is 0. The molecule has 0 amide bonds. The van der Waals surface area contributed by atoms with Crippen LogP contribution in [0.2, 0.25) is 6.32 Å². The monoisotopic (exact) mass is 168 g/mol. The summed E-state index contributed by atoms with van der Waals surface area (Å²) in [6.45, 7) is 9.45. The Labute approximate surface area is 79.5 Å². The van der Waals surface area contributed by atoms with Crippen LogP contribution in [-0.4, -0.2) is 7.85 Å². The zero-order valence-electron chi connectivity index (χ0n) is 9.61. The van der Waals surface area contributed by atoms with E-state index in [1.54, 1.807) is 0 Å². The number of rotatable bonds is 6. The van der Waals surface area contributed by atoms with E-state index in [9.17, 15) is 0 Å². The lowest BCUT2D eigenvalue weighted by atomic mass is 9.75. The zero-order chi connectivity index (χ0) is 9.61. The molecule has 0 aromatic rings. The van der Waals surface area contributed by atoms with Gasteiger partial charge in [0.05, 0.1) is 0 Å². The van der Waals surface area contributed by atoms with Gasteiger partial charge in [0, 0.05) is 0 Å². The van der Waals surface area contributed by atoms with Gasteiger partial charge in [0.25, 0.3) is 0 Å². The van der Waals surface area contributed by atoms with Crippen LogP contribution in [0.25, 0.3) is 0 Å². The number of hydrogen-bond acceptors (Lipinski definition) is 0. The Morgan fingerprint density at radius 1 is 1.17 bits per heavy atom. The van der Waals surface area contributed by atoms with E-state index in [0.29, 0.717) is 5.41 Å². The Morgan fingerprint density at radius 3 is 2.00 bits per heavy atom. The summed E-state index contributed by atoms with van der Waals surface area (Å²) in [6.07, 6.45) is 6.82. The van der Waals surface area contributed by atoms with Gasteiger partial charge in [0.2, 0.25) is 0 Å². The van der Waals surface area contributed by atoms with Crippen molar-refractivity contribution in [3.63, 3.8) is 0 Å². The zero-order valence-corrected chi connectivity index (χ0v) is 9.61. The summed E-state index contributed by atoms with van der Waals surface area (Å²) in [5.74, 6) is 0.951. The molecule has 0 radical (unpaired) electrons. The van der Waals surface area contributed by atoms with E-state index in [2.05, 4.69) is 35.5 Å². The third-order valence-corrected chi connectivity index (χ3v) is 2.92. The van der Waals surface area contributed by atoms with Gasteiger partial charge in [-0.05, 0) is 17.8 Å². The first-order valence-electron chi connectivity index (χ1n) is 5.55. The van der Waals surface area contributed by atoms with Crippen LogP contribution in [0, 0.1) is 11.3 Å². The summed E-state index contributed by atoms with van der Waals surface area (Å²) in [4.78, 5) is 0. The van der Waals surface area contributed by atoms with Crippen molar-refractivity contribution in [2.24, 2.45) is 11.3 Å². The van der Waals surface area contributed by atoms with Crippen LogP contribution < -0.4 is 0 Å². The molecule has 0 aliphatic rings. The predicted octanol–water partition coefficient (Wildman–Crippen LogP) is 3.28. The molecule has 0 rings (SSSR count). The maximum absolute atomic E-state index is 2.41. The molecule has 72 valence electrons. The van der Waals surface area contributed by atoms with Crippen molar-refractivity contribution in [2.75, 3.05) is 0 Å². The highest BCUT2D eigenvalue weighted by Gasteiger charge is 2.20. The Balaban J connectivity index is 3.84. The van der Waals surface area contributed by atoms with Gasteiger partial charge in [-0.3, -0.25) is 0 Å². The Morgan fingerprint density at radius 2 is 1.67 bits per heavy atom. The van der Waals surface area contributed by atoms with Crippen molar-refractivity contribution in [3.8, 4) is 0 Å². The first-order chi connectivity index (χ1) is 5.55. The molecule has 0 aromatic carbocycles. The molecule has 0 saturated carbocycles. The molecule has 0 atom stereocenters. The van der Waals surface area contributed by atoms with E-state index in [-0.39, 0.29) is 0 Å². The van der Waals surface area contributed by atoms with Gasteiger partial charge >= 0.3 is 0 Å². The summed E-state index contributed by atoms with van der Waals surface area (Å²) >= 11 is 0. The molecule has 0 nitrogen and oxygen atoms in total. The smallest absolute Gasteiger partial charge is 0.0806 e. The minimum absolute atomic E-state index is 0.575. The predicted molar refractivity (Wildman–Crippen MR) is 60.4 cm³/mol. The minimum atomic E-state index is 0.575. The van der Waals surface area contributed by atoms with Crippen molar-refractivity contribution in [1.82, 2.24) is 0 Å². The fourth-order valence-corrected chi connectivity index (χ4v) is 2.14. The molecule has 1 heteroatoms. The second kappa shape index (κ2) is 5.67. The molecular formula is C11H25B. The van der Waals surface area contributed by atoms with Gasteiger partial charge in [0.1, 0.15) is 7.85 Å². The standard InChI is InChI=1S/C11H25B/c1-5-10(6-2)9-11(3,4)7-8-12/h10H,5-9,12H2,1-4H3. The minimum Gasteiger partial charge on any atom is -0.0806 e. The topological polar surface area (TPSA) is 0 Å². The van der Waals surface area contributed by atoms with Crippen LogP contribution in [0.4, 0.5) is 0 Å².